The van der Waals surface area contributed by atoms with Gasteiger partial charge in [-0.25, -0.2) is 4.98 Å². The number of nitrogens with one attached hydrogen (secondary N) is 1. The van der Waals surface area contributed by atoms with Crippen molar-refractivity contribution in [1.82, 2.24) is 30.0 Å². The quantitative estimate of drug-likeness (QED) is 0.563. The van der Waals surface area contributed by atoms with Gasteiger partial charge in [0.15, 0.2) is 0 Å². The Bertz CT molecular complexity index is 487. The second kappa shape index (κ2) is 5.74. The molecule has 7 heteroatoms. The Kier molecular flexibility index (Phi) is 4.06. The number of nitrogens with zero attached hydrogens (tertiary/aromatic N) is 5. The van der Waals surface area contributed by atoms with E-state index in [1.807, 2.05) is 22.5 Å². The molecule has 0 fully saturated rings. The molecule has 0 saturated carbocycles. The van der Waals surface area contributed by atoms with Gasteiger partial charge in [-0.1, -0.05) is 6.92 Å². The molecule has 2 heterocycles. The molecule has 3 N–H and O–H groups in total. The van der Waals surface area contributed by atoms with Crippen LogP contribution in [0.2, 0.25) is 0 Å². The Morgan fingerprint density at radius 1 is 1.44 bits per heavy atom. The summed E-state index contributed by atoms with van der Waals surface area (Å²) in [6.45, 7) is 2.99. The third kappa shape index (κ3) is 2.57. The van der Waals surface area contributed by atoms with Crippen LogP contribution in [0.4, 0.5) is 0 Å². The molecule has 2 aromatic heterocycles. The minimum atomic E-state index is -0.0164. The number of aromatic nitrogens is 5. The van der Waals surface area contributed by atoms with Crippen molar-refractivity contribution in [3.05, 3.63) is 30.1 Å². The number of rotatable bonds is 6. The van der Waals surface area contributed by atoms with E-state index in [4.69, 9.17) is 5.84 Å². The number of nitrogens with two attached hydrogens (primary N) is 1. The highest BCUT2D eigenvalue weighted by molar-refractivity contribution is 5.09. The van der Waals surface area contributed by atoms with Crippen LogP contribution in [0.3, 0.4) is 0 Å². The van der Waals surface area contributed by atoms with E-state index in [2.05, 4.69) is 27.5 Å². The summed E-state index contributed by atoms with van der Waals surface area (Å²) in [5.74, 6) is 6.56. The topological polar surface area (TPSA) is 86.6 Å². The van der Waals surface area contributed by atoms with Gasteiger partial charge in [-0.05, 0) is 12.5 Å². The van der Waals surface area contributed by atoms with Crippen molar-refractivity contribution >= 4 is 0 Å². The van der Waals surface area contributed by atoms with Gasteiger partial charge in [-0.3, -0.25) is 20.6 Å². The standard InChI is InChI=1S/C11H19N7/c1-3-6-18-11(13-8-15-18)7-9(16-12)10-4-5-14-17(10)2/h4-5,8-9,16H,3,6-7,12H2,1-2H3. The van der Waals surface area contributed by atoms with Crippen molar-refractivity contribution in [3.63, 3.8) is 0 Å². The summed E-state index contributed by atoms with van der Waals surface area (Å²) in [5.41, 5.74) is 3.84. The molecule has 7 nitrogen and oxygen atoms in total. The molecule has 0 spiro atoms. The van der Waals surface area contributed by atoms with Gasteiger partial charge in [-0.2, -0.15) is 10.2 Å². The molecule has 0 radical (unpaired) electrons. The van der Waals surface area contributed by atoms with E-state index in [0.29, 0.717) is 6.42 Å². The molecule has 0 bridgehead atoms. The first-order valence-electron chi connectivity index (χ1n) is 6.07. The van der Waals surface area contributed by atoms with Gasteiger partial charge >= 0.3 is 0 Å². The summed E-state index contributed by atoms with van der Waals surface area (Å²) in [7, 11) is 1.90. The third-order valence-electron chi connectivity index (χ3n) is 2.93. The van der Waals surface area contributed by atoms with Gasteiger partial charge in [0.1, 0.15) is 12.2 Å². The van der Waals surface area contributed by atoms with Gasteiger partial charge in [-0.15, -0.1) is 0 Å². The molecule has 1 unspecified atom stereocenters. The lowest BCUT2D eigenvalue weighted by Gasteiger charge is -2.16. The summed E-state index contributed by atoms with van der Waals surface area (Å²) < 4.78 is 3.73. The first-order chi connectivity index (χ1) is 8.76. The van der Waals surface area contributed by atoms with E-state index in [1.165, 1.54) is 0 Å². The predicted molar refractivity (Wildman–Crippen MR) is 67.3 cm³/mol. The third-order valence-corrected chi connectivity index (χ3v) is 2.93. The van der Waals surface area contributed by atoms with Gasteiger partial charge < -0.3 is 0 Å². The summed E-state index contributed by atoms with van der Waals surface area (Å²) in [6.07, 6.45) is 5.07. The molecule has 2 aromatic rings. The van der Waals surface area contributed by atoms with Crippen molar-refractivity contribution in [2.75, 3.05) is 0 Å². The van der Waals surface area contributed by atoms with Gasteiger partial charge in [0, 0.05) is 26.2 Å². The first kappa shape index (κ1) is 12.7. The maximum Gasteiger partial charge on any atom is 0.138 e. The maximum atomic E-state index is 5.62. The average Bonchev–Trinajstić information content (AvgIpc) is 2.96. The SMILES string of the molecule is CCCn1ncnc1CC(NN)c1ccnn1C. The van der Waals surface area contributed by atoms with Crippen LogP contribution in [-0.4, -0.2) is 24.5 Å². The van der Waals surface area contributed by atoms with Crippen molar-refractivity contribution in [2.45, 2.75) is 32.4 Å². The van der Waals surface area contributed by atoms with E-state index in [-0.39, 0.29) is 6.04 Å². The van der Waals surface area contributed by atoms with Crippen molar-refractivity contribution < 1.29 is 0 Å². The van der Waals surface area contributed by atoms with Gasteiger partial charge in [0.05, 0.1) is 11.7 Å². The molecule has 0 saturated heterocycles. The van der Waals surface area contributed by atoms with Crippen molar-refractivity contribution in [3.8, 4) is 0 Å². The highest BCUT2D eigenvalue weighted by atomic mass is 15.3. The fourth-order valence-corrected chi connectivity index (χ4v) is 2.00. The highest BCUT2D eigenvalue weighted by Gasteiger charge is 2.17. The summed E-state index contributed by atoms with van der Waals surface area (Å²) >= 11 is 0. The van der Waals surface area contributed by atoms with Gasteiger partial charge in [0.2, 0.25) is 0 Å². The fraction of sp³-hybridized carbons (Fsp3) is 0.545. The van der Waals surface area contributed by atoms with Crippen LogP contribution in [0.25, 0.3) is 0 Å². The molecule has 2 rings (SSSR count). The molecule has 0 aliphatic heterocycles. The summed E-state index contributed by atoms with van der Waals surface area (Å²) in [6, 6.07) is 1.93. The molecule has 0 aliphatic rings. The molecular weight excluding hydrogens is 230 g/mol. The van der Waals surface area contributed by atoms with Crippen LogP contribution in [0.5, 0.6) is 0 Å². The van der Waals surface area contributed by atoms with Crippen LogP contribution in [0.15, 0.2) is 18.6 Å². The first-order valence-corrected chi connectivity index (χ1v) is 6.07. The average molecular weight is 249 g/mol. The Balaban J connectivity index is 2.15. The Labute approximate surface area is 106 Å². The lowest BCUT2D eigenvalue weighted by Crippen LogP contribution is -2.32. The number of aryl methyl sites for hydroxylation is 2. The molecule has 18 heavy (non-hydrogen) atoms. The lowest BCUT2D eigenvalue weighted by atomic mass is 10.1. The van der Waals surface area contributed by atoms with E-state index < -0.39 is 0 Å². The van der Waals surface area contributed by atoms with E-state index in [9.17, 15) is 0 Å². The monoisotopic (exact) mass is 249 g/mol. The lowest BCUT2D eigenvalue weighted by molar-refractivity contribution is 0.474. The Morgan fingerprint density at radius 3 is 2.89 bits per heavy atom. The second-order valence-corrected chi connectivity index (χ2v) is 4.20. The minimum Gasteiger partial charge on any atom is -0.271 e. The highest BCUT2D eigenvalue weighted by Crippen LogP contribution is 2.15. The van der Waals surface area contributed by atoms with Gasteiger partial charge in [0.25, 0.3) is 0 Å². The zero-order valence-electron chi connectivity index (χ0n) is 10.7. The Hall–Kier alpha value is -1.73. The van der Waals surface area contributed by atoms with Crippen LogP contribution < -0.4 is 11.3 Å². The molecule has 98 valence electrons. The number of hydrogen-bond donors (Lipinski definition) is 2. The van der Waals surface area contributed by atoms with E-state index in [0.717, 1.165) is 24.5 Å². The molecule has 0 aliphatic carbocycles. The number of hydrogen-bond acceptors (Lipinski definition) is 5. The van der Waals surface area contributed by atoms with Crippen LogP contribution in [0, 0.1) is 0 Å². The zero-order chi connectivity index (χ0) is 13.0. The van der Waals surface area contributed by atoms with Crippen molar-refractivity contribution in [1.29, 1.82) is 0 Å². The normalized spacial score (nSPS) is 12.8. The van der Waals surface area contributed by atoms with E-state index >= 15 is 0 Å². The predicted octanol–water partition coefficient (Wildman–Crippen LogP) is 0.169. The van der Waals surface area contributed by atoms with Crippen LogP contribution in [0.1, 0.15) is 30.9 Å². The molecule has 0 aromatic carbocycles. The molecule has 1 atom stereocenters. The largest absolute Gasteiger partial charge is 0.271 e. The smallest absolute Gasteiger partial charge is 0.138 e. The molecule has 0 amide bonds. The van der Waals surface area contributed by atoms with Crippen LogP contribution >= 0.6 is 0 Å². The maximum absolute atomic E-state index is 5.62. The van der Waals surface area contributed by atoms with Crippen LogP contribution in [-0.2, 0) is 20.0 Å². The fourth-order valence-electron chi connectivity index (χ4n) is 2.00. The minimum absolute atomic E-state index is 0.0164. The Morgan fingerprint density at radius 2 is 2.28 bits per heavy atom. The second-order valence-electron chi connectivity index (χ2n) is 4.20. The summed E-state index contributed by atoms with van der Waals surface area (Å²) in [5, 5.41) is 8.36. The number of hydrazine groups is 1. The molecular formula is C11H19N7. The zero-order valence-corrected chi connectivity index (χ0v) is 10.7. The van der Waals surface area contributed by atoms with Crippen molar-refractivity contribution in [2.24, 2.45) is 12.9 Å². The van der Waals surface area contributed by atoms with E-state index in [1.54, 1.807) is 12.5 Å². The summed E-state index contributed by atoms with van der Waals surface area (Å²) in [4.78, 5) is 4.29.